The summed E-state index contributed by atoms with van der Waals surface area (Å²) >= 11 is 0. The van der Waals surface area contributed by atoms with Gasteiger partial charge < -0.3 is 15.4 Å². The topological polar surface area (TPSA) is 33.3 Å². The van der Waals surface area contributed by atoms with Gasteiger partial charge in [-0.15, -0.1) is 0 Å². The second-order valence-corrected chi connectivity index (χ2v) is 5.36. The molecule has 0 aromatic heterocycles. The molecule has 0 amide bonds. The van der Waals surface area contributed by atoms with Crippen molar-refractivity contribution in [2.45, 2.75) is 25.7 Å². The van der Waals surface area contributed by atoms with E-state index in [2.05, 4.69) is 24.5 Å². The first-order chi connectivity index (χ1) is 9.01. The molecule has 0 unspecified atom stereocenters. The van der Waals surface area contributed by atoms with Gasteiger partial charge in [0.1, 0.15) is 11.6 Å². The third-order valence-electron chi connectivity index (χ3n) is 3.24. The lowest BCUT2D eigenvalue weighted by molar-refractivity contribution is 0.383. The van der Waals surface area contributed by atoms with Crippen LogP contribution in [0.3, 0.4) is 0 Å². The Balaban J connectivity index is 2.67. The lowest BCUT2D eigenvalue weighted by atomic mass is 9.83. The van der Waals surface area contributed by atoms with E-state index in [4.69, 9.17) is 4.74 Å². The number of benzene rings is 1. The molecule has 19 heavy (non-hydrogen) atoms. The van der Waals surface area contributed by atoms with Crippen molar-refractivity contribution in [2.24, 2.45) is 0 Å². The molecule has 0 aliphatic rings. The second kappa shape index (κ2) is 7.46. The van der Waals surface area contributed by atoms with Crippen molar-refractivity contribution in [3.05, 3.63) is 29.6 Å². The van der Waals surface area contributed by atoms with Gasteiger partial charge in [-0.1, -0.05) is 13.8 Å². The Bertz CT molecular complexity index is 394. The molecule has 0 aliphatic heterocycles. The highest BCUT2D eigenvalue weighted by molar-refractivity contribution is 5.39. The van der Waals surface area contributed by atoms with Gasteiger partial charge in [-0.25, -0.2) is 4.39 Å². The Hall–Kier alpha value is -1.13. The molecule has 0 saturated heterocycles. The molecule has 0 bridgehead atoms. The lowest BCUT2D eigenvalue weighted by Crippen LogP contribution is -2.34. The van der Waals surface area contributed by atoms with E-state index in [1.54, 1.807) is 19.2 Å². The predicted octanol–water partition coefficient (Wildman–Crippen LogP) is 2.31. The van der Waals surface area contributed by atoms with Crippen molar-refractivity contribution in [1.29, 1.82) is 0 Å². The number of ether oxygens (including phenoxy) is 1. The van der Waals surface area contributed by atoms with Crippen LogP contribution in [0.4, 0.5) is 4.39 Å². The van der Waals surface area contributed by atoms with Crippen LogP contribution in [0.2, 0.25) is 0 Å². The molecule has 1 rings (SSSR count). The summed E-state index contributed by atoms with van der Waals surface area (Å²) in [4.78, 5) is 0. The van der Waals surface area contributed by atoms with Gasteiger partial charge >= 0.3 is 0 Å². The van der Waals surface area contributed by atoms with Crippen molar-refractivity contribution in [3.63, 3.8) is 0 Å². The summed E-state index contributed by atoms with van der Waals surface area (Å²) in [5.41, 5.74) is 0.726. The number of halogens is 1. The first-order valence-electron chi connectivity index (χ1n) is 6.70. The number of rotatable bonds is 8. The van der Waals surface area contributed by atoms with Crippen molar-refractivity contribution >= 4 is 0 Å². The summed E-state index contributed by atoms with van der Waals surface area (Å²) in [5.74, 6) is 0.516. The maximum absolute atomic E-state index is 13.4. The van der Waals surface area contributed by atoms with Crippen molar-refractivity contribution < 1.29 is 9.13 Å². The summed E-state index contributed by atoms with van der Waals surface area (Å²) in [6, 6.07) is 4.68. The van der Waals surface area contributed by atoms with Crippen LogP contribution in [0.15, 0.2) is 18.2 Å². The largest absolute Gasteiger partial charge is 0.496 e. The van der Waals surface area contributed by atoms with Gasteiger partial charge in [0.05, 0.1) is 7.11 Å². The van der Waals surface area contributed by atoms with Gasteiger partial charge in [-0.3, -0.25) is 0 Å². The Morgan fingerprint density at radius 2 is 2.00 bits per heavy atom. The molecule has 2 N–H and O–H groups in total. The molecular formula is C15H25FN2O. The average molecular weight is 268 g/mol. The summed E-state index contributed by atoms with van der Waals surface area (Å²) < 4.78 is 18.7. The molecule has 0 fully saturated rings. The quantitative estimate of drug-likeness (QED) is 0.710. The third kappa shape index (κ3) is 4.80. The Morgan fingerprint density at radius 3 is 2.63 bits per heavy atom. The highest BCUT2D eigenvalue weighted by Gasteiger charge is 2.24. The Kier molecular flexibility index (Phi) is 6.25. The van der Waals surface area contributed by atoms with E-state index in [9.17, 15) is 4.39 Å². The van der Waals surface area contributed by atoms with Crippen LogP contribution in [0.1, 0.15) is 25.8 Å². The summed E-state index contributed by atoms with van der Waals surface area (Å²) in [6.45, 7) is 6.92. The number of hydrogen-bond acceptors (Lipinski definition) is 3. The molecule has 0 heterocycles. The zero-order valence-corrected chi connectivity index (χ0v) is 12.3. The minimum Gasteiger partial charge on any atom is -0.496 e. The van der Waals surface area contributed by atoms with E-state index >= 15 is 0 Å². The first kappa shape index (κ1) is 15.9. The maximum Gasteiger partial charge on any atom is 0.123 e. The fraction of sp³-hybridized carbons (Fsp3) is 0.600. The fourth-order valence-electron chi connectivity index (χ4n) is 2.10. The molecule has 1 aromatic rings. The molecule has 1 aromatic carbocycles. The fourth-order valence-corrected chi connectivity index (χ4v) is 2.10. The molecule has 0 aliphatic carbocycles. The second-order valence-electron chi connectivity index (χ2n) is 5.36. The lowest BCUT2D eigenvalue weighted by Gasteiger charge is -2.27. The summed E-state index contributed by atoms with van der Waals surface area (Å²) in [5, 5.41) is 6.52. The standard InChI is InChI=1S/C15H25FN2O/c1-15(2,11-18-9-5-8-17-3)13-10-12(16)6-7-14(13)19-4/h6-7,10,17-18H,5,8-9,11H2,1-4H3. The van der Waals surface area contributed by atoms with E-state index in [1.807, 2.05) is 7.05 Å². The predicted molar refractivity (Wildman–Crippen MR) is 77.4 cm³/mol. The Morgan fingerprint density at radius 1 is 1.26 bits per heavy atom. The van der Waals surface area contributed by atoms with Gasteiger partial charge in [0, 0.05) is 17.5 Å². The third-order valence-corrected chi connectivity index (χ3v) is 3.24. The minimum atomic E-state index is -0.223. The maximum atomic E-state index is 13.4. The van der Waals surface area contributed by atoms with E-state index in [-0.39, 0.29) is 11.2 Å². The van der Waals surface area contributed by atoms with Crippen molar-refractivity contribution in [3.8, 4) is 5.75 Å². The molecule has 0 saturated carbocycles. The molecule has 0 radical (unpaired) electrons. The van der Waals surface area contributed by atoms with Crippen LogP contribution in [0.25, 0.3) is 0 Å². The summed E-state index contributed by atoms with van der Waals surface area (Å²) in [7, 11) is 3.56. The number of hydrogen-bond donors (Lipinski definition) is 2. The van der Waals surface area contributed by atoms with E-state index < -0.39 is 0 Å². The molecule has 3 nitrogen and oxygen atoms in total. The van der Waals surface area contributed by atoms with E-state index in [0.717, 1.165) is 37.4 Å². The van der Waals surface area contributed by atoms with Gasteiger partial charge in [0.25, 0.3) is 0 Å². The van der Waals surface area contributed by atoms with Crippen LogP contribution in [0.5, 0.6) is 5.75 Å². The first-order valence-corrected chi connectivity index (χ1v) is 6.70. The van der Waals surface area contributed by atoms with Crippen LogP contribution in [-0.4, -0.2) is 33.8 Å². The van der Waals surface area contributed by atoms with Crippen LogP contribution in [0, 0.1) is 5.82 Å². The molecule has 4 heteroatoms. The van der Waals surface area contributed by atoms with E-state index in [0.29, 0.717) is 0 Å². The summed E-state index contributed by atoms with van der Waals surface area (Å²) in [6.07, 6.45) is 1.08. The Labute approximate surface area is 115 Å². The number of methoxy groups -OCH3 is 1. The van der Waals surface area contributed by atoms with Gasteiger partial charge in [0.2, 0.25) is 0 Å². The molecule has 0 spiro atoms. The normalized spacial score (nSPS) is 11.6. The van der Waals surface area contributed by atoms with Crippen LogP contribution >= 0.6 is 0 Å². The van der Waals surface area contributed by atoms with Crippen LogP contribution in [-0.2, 0) is 5.41 Å². The SMILES string of the molecule is CNCCCNCC(C)(C)c1cc(F)ccc1OC. The smallest absolute Gasteiger partial charge is 0.123 e. The zero-order valence-electron chi connectivity index (χ0n) is 12.3. The van der Waals surface area contributed by atoms with E-state index in [1.165, 1.54) is 6.07 Å². The van der Waals surface area contributed by atoms with Crippen LogP contribution < -0.4 is 15.4 Å². The van der Waals surface area contributed by atoms with Gasteiger partial charge in [-0.05, 0) is 44.8 Å². The molecule has 108 valence electrons. The highest BCUT2D eigenvalue weighted by atomic mass is 19.1. The van der Waals surface area contributed by atoms with Crippen molar-refractivity contribution in [1.82, 2.24) is 10.6 Å². The number of nitrogens with one attached hydrogen (secondary N) is 2. The highest BCUT2D eigenvalue weighted by Crippen LogP contribution is 2.31. The monoisotopic (exact) mass is 268 g/mol. The molecule has 0 atom stereocenters. The average Bonchev–Trinajstić information content (AvgIpc) is 2.38. The van der Waals surface area contributed by atoms with Crippen molar-refractivity contribution in [2.75, 3.05) is 33.8 Å². The van der Waals surface area contributed by atoms with Gasteiger partial charge in [-0.2, -0.15) is 0 Å². The molecular weight excluding hydrogens is 243 g/mol. The van der Waals surface area contributed by atoms with Gasteiger partial charge in [0.15, 0.2) is 0 Å². The zero-order chi connectivity index (χ0) is 14.3. The minimum absolute atomic E-state index is 0.174.